The van der Waals surface area contributed by atoms with Crippen LogP contribution < -0.4 is 4.90 Å². The standard InChI is InChI=1S/C12H17NO4S/c1-8(10(14)15)13(9-5-6-18-7-9)11(16)17-12(2,3)4/h5-8H,1-4H3,(H,14,15). The lowest BCUT2D eigenvalue weighted by Gasteiger charge is -2.29. The van der Waals surface area contributed by atoms with Gasteiger partial charge in [-0.3, -0.25) is 4.90 Å². The molecule has 5 nitrogen and oxygen atoms in total. The third-order valence-electron chi connectivity index (χ3n) is 2.12. The van der Waals surface area contributed by atoms with Crippen molar-refractivity contribution < 1.29 is 19.4 Å². The van der Waals surface area contributed by atoms with E-state index in [0.717, 1.165) is 4.90 Å². The van der Waals surface area contributed by atoms with Gasteiger partial charge in [0.25, 0.3) is 0 Å². The maximum atomic E-state index is 12.0. The Morgan fingerprint density at radius 1 is 1.44 bits per heavy atom. The van der Waals surface area contributed by atoms with Gasteiger partial charge in [0.1, 0.15) is 11.6 Å². The van der Waals surface area contributed by atoms with Crippen LogP contribution in [0.1, 0.15) is 27.7 Å². The summed E-state index contributed by atoms with van der Waals surface area (Å²) in [5, 5.41) is 12.5. The summed E-state index contributed by atoms with van der Waals surface area (Å²) in [6.45, 7) is 6.66. The number of amides is 1. The molecule has 0 aromatic carbocycles. The Balaban J connectivity index is 2.99. The van der Waals surface area contributed by atoms with E-state index < -0.39 is 23.7 Å². The number of anilines is 1. The van der Waals surface area contributed by atoms with E-state index in [1.54, 1.807) is 37.6 Å². The van der Waals surface area contributed by atoms with Gasteiger partial charge in [-0.05, 0) is 39.1 Å². The summed E-state index contributed by atoms with van der Waals surface area (Å²) in [5.41, 5.74) is -0.131. The molecule has 0 aliphatic rings. The van der Waals surface area contributed by atoms with E-state index in [0.29, 0.717) is 5.69 Å². The fourth-order valence-corrected chi connectivity index (χ4v) is 1.93. The Bertz CT molecular complexity index is 422. The highest BCUT2D eigenvalue weighted by Crippen LogP contribution is 2.23. The quantitative estimate of drug-likeness (QED) is 0.917. The fraction of sp³-hybridized carbons (Fsp3) is 0.500. The second-order valence-corrected chi connectivity index (χ2v) is 5.63. The van der Waals surface area contributed by atoms with E-state index in [4.69, 9.17) is 9.84 Å². The smallest absolute Gasteiger partial charge is 0.415 e. The average molecular weight is 271 g/mol. The van der Waals surface area contributed by atoms with Gasteiger partial charge in [0.05, 0.1) is 5.69 Å². The second kappa shape index (κ2) is 5.39. The summed E-state index contributed by atoms with van der Waals surface area (Å²) < 4.78 is 5.22. The zero-order valence-corrected chi connectivity index (χ0v) is 11.7. The molecule has 6 heteroatoms. The Morgan fingerprint density at radius 3 is 2.44 bits per heavy atom. The van der Waals surface area contributed by atoms with E-state index in [-0.39, 0.29) is 0 Å². The normalized spacial score (nSPS) is 12.9. The molecule has 1 aromatic heterocycles. The highest BCUT2D eigenvalue weighted by Gasteiger charge is 2.31. The van der Waals surface area contributed by atoms with E-state index in [1.807, 2.05) is 0 Å². The lowest BCUT2D eigenvalue weighted by Crippen LogP contribution is -2.45. The molecule has 1 amide bonds. The summed E-state index contributed by atoms with van der Waals surface area (Å²) in [6, 6.07) is 0.711. The summed E-state index contributed by atoms with van der Waals surface area (Å²) in [4.78, 5) is 24.3. The molecule has 0 bridgehead atoms. The summed E-state index contributed by atoms with van der Waals surface area (Å²) in [6.07, 6.45) is -0.657. The Labute approximate surface area is 110 Å². The van der Waals surface area contributed by atoms with Crippen molar-refractivity contribution in [3.63, 3.8) is 0 Å². The van der Waals surface area contributed by atoms with Gasteiger partial charge in [-0.2, -0.15) is 11.3 Å². The Hall–Kier alpha value is -1.56. The number of hydrogen-bond donors (Lipinski definition) is 1. The number of nitrogens with zero attached hydrogens (tertiary/aromatic N) is 1. The van der Waals surface area contributed by atoms with Gasteiger partial charge in [-0.15, -0.1) is 0 Å². The molecule has 1 unspecified atom stereocenters. The highest BCUT2D eigenvalue weighted by atomic mass is 32.1. The summed E-state index contributed by atoms with van der Waals surface area (Å²) >= 11 is 1.39. The number of ether oxygens (including phenoxy) is 1. The van der Waals surface area contributed by atoms with E-state index in [1.165, 1.54) is 18.3 Å². The molecule has 0 saturated heterocycles. The number of carbonyl (C=O) groups excluding carboxylic acids is 1. The summed E-state index contributed by atoms with van der Waals surface area (Å²) in [7, 11) is 0. The molecule has 1 N–H and O–H groups in total. The maximum Gasteiger partial charge on any atom is 0.415 e. The first kappa shape index (κ1) is 14.5. The SMILES string of the molecule is CC(C(=O)O)N(C(=O)OC(C)(C)C)c1ccsc1. The third-order valence-corrected chi connectivity index (χ3v) is 2.79. The molecule has 1 atom stereocenters. The van der Waals surface area contributed by atoms with Crippen molar-refractivity contribution in [3.05, 3.63) is 16.8 Å². The van der Waals surface area contributed by atoms with Crippen LogP contribution in [0.25, 0.3) is 0 Å². The van der Waals surface area contributed by atoms with Gasteiger partial charge >= 0.3 is 12.1 Å². The van der Waals surface area contributed by atoms with Crippen LogP contribution in [0.15, 0.2) is 16.8 Å². The van der Waals surface area contributed by atoms with Crippen LogP contribution in [0.3, 0.4) is 0 Å². The Kier molecular flexibility index (Phi) is 4.34. The molecule has 0 aliphatic heterocycles. The largest absolute Gasteiger partial charge is 0.480 e. The van der Waals surface area contributed by atoms with Crippen molar-refractivity contribution in [2.24, 2.45) is 0 Å². The van der Waals surface area contributed by atoms with Crippen LogP contribution in [-0.4, -0.2) is 28.8 Å². The first-order valence-electron chi connectivity index (χ1n) is 5.49. The molecular weight excluding hydrogens is 254 g/mol. The van der Waals surface area contributed by atoms with Crippen LogP contribution in [0, 0.1) is 0 Å². The number of thiophene rings is 1. The minimum atomic E-state index is -1.08. The number of aliphatic carboxylic acids is 1. The molecule has 1 aromatic rings. The lowest BCUT2D eigenvalue weighted by molar-refractivity contribution is -0.138. The monoisotopic (exact) mass is 271 g/mol. The average Bonchev–Trinajstić information content (AvgIpc) is 2.67. The van der Waals surface area contributed by atoms with Crippen molar-refractivity contribution in [2.45, 2.75) is 39.3 Å². The van der Waals surface area contributed by atoms with Gasteiger partial charge in [0.15, 0.2) is 0 Å². The molecule has 1 heterocycles. The first-order chi connectivity index (χ1) is 8.22. The highest BCUT2D eigenvalue weighted by molar-refractivity contribution is 7.08. The van der Waals surface area contributed by atoms with Crippen LogP contribution in [0.2, 0.25) is 0 Å². The minimum Gasteiger partial charge on any atom is -0.480 e. The van der Waals surface area contributed by atoms with Crippen LogP contribution >= 0.6 is 11.3 Å². The number of rotatable bonds is 3. The topological polar surface area (TPSA) is 66.8 Å². The van der Waals surface area contributed by atoms with E-state index in [9.17, 15) is 9.59 Å². The molecule has 0 radical (unpaired) electrons. The minimum absolute atomic E-state index is 0.532. The molecule has 18 heavy (non-hydrogen) atoms. The van der Waals surface area contributed by atoms with Crippen LogP contribution in [0.4, 0.5) is 10.5 Å². The molecule has 0 spiro atoms. The predicted molar refractivity (Wildman–Crippen MR) is 70.1 cm³/mol. The van der Waals surface area contributed by atoms with Crippen LogP contribution in [0.5, 0.6) is 0 Å². The second-order valence-electron chi connectivity index (χ2n) is 4.85. The number of carbonyl (C=O) groups is 2. The van der Waals surface area contributed by atoms with Gasteiger partial charge < -0.3 is 9.84 Å². The molecule has 0 fully saturated rings. The number of hydrogen-bond acceptors (Lipinski definition) is 4. The molecule has 100 valence electrons. The van der Waals surface area contributed by atoms with Gasteiger partial charge in [-0.1, -0.05) is 0 Å². The predicted octanol–water partition coefficient (Wildman–Crippen LogP) is 2.96. The third kappa shape index (κ3) is 3.73. The van der Waals surface area contributed by atoms with Crippen molar-refractivity contribution in [2.75, 3.05) is 4.90 Å². The fourth-order valence-electron chi connectivity index (χ4n) is 1.30. The lowest BCUT2D eigenvalue weighted by atomic mass is 10.2. The van der Waals surface area contributed by atoms with Crippen molar-refractivity contribution in [1.29, 1.82) is 0 Å². The van der Waals surface area contributed by atoms with Gasteiger partial charge in [-0.25, -0.2) is 9.59 Å². The van der Waals surface area contributed by atoms with E-state index >= 15 is 0 Å². The first-order valence-corrected chi connectivity index (χ1v) is 6.44. The van der Waals surface area contributed by atoms with Crippen LogP contribution in [-0.2, 0) is 9.53 Å². The maximum absolute atomic E-state index is 12.0. The van der Waals surface area contributed by atoms with Crippen molar-refractivity contribution in [1.82, 2.24) is 0 Å². The number of carboxylic acids is 1. The number of carboxylic acid groups (broad SMARTS) is 1. The van der Waals surface area contributed by atoms with Gasteiger partial charge in [0.2, 0.25) is 0 Å². The zero-order chi connectivity index (χ0) is 13.9. The van der Waals surface area contributed by atoms with E-state index in [2.05, 4.69) is 0 Å². The molecular formula is C12H17NO4S. The summed E-state index contributed by atoms with van der Waals surface area (Å²) in [5.74, 6) is -1.08. The van der Waals surface area contributed by atoms with Crippen molar-refractivity contribution in [3.8, 4) is 0 Å². The molecule has 0 aliphatic carbocycles. The molecule has 1 rings (SSSR count). The van der Waals surface area contributed by atoms with Gasteiger partial charge in [0, 0.05) is 5.38 Å². The van der Waals surface area contributed by atoms with Crippen molar-refractivity contribution >= 4 is 29.1 Å². The zero-order valence-electron chi connectivity index (χ0n) is 10.8. The Morgan fingerprint density at radius 2 is 2.06 bits per heavy atom. The molecule has 0 saturated carbocycles.